The van der Waals surface area contributed by atoms with Gasteiger partial charge in [0, 0.05) is 33.2 Å². The van der Waals surface area contributed by atoms with Crippen LogP contribution in [0.3, 0.4) is 0 Å². The summed E-state index contributed by atoms with van der Waals surface area (Å²) in [5.74, 6) is 0.654. The van der Waals surface area contributed by atoms with E-state index in [1.54, 1.807) is 14.0 Å². The van der Waals surface area contributed by atoms with Crippen molar-refractivity contribution in [3.63, 3.8) is 0 Å². The average molecular weight is 381 g/mol. The number of nitrogens with one attached hydrogen (secondary N) is 1. The first-order chi connectivity index (χ1) is 13.6. The molecule has 1 aliphatic rings. The number of hydrogen-bond donors (Lipinski definition) is 1. The summed E-state index contributed by atoms with van der Waals surface area (Å²) in [6.07, 6.45) is -0.548. The lowest BCUT2D eigenvalue weighted by Crippen LogP contribution is -2.53. The van der Waals surface area contributed by atoms with Crippen molar-refractivity contribution in [2.75, 3.05) is 39.8 Å². The Hall–Kier alpha value is -2.86. The molecule has 6 heteroatoms. The van der Waals surface area contributed by atoms with Gasteiger partial charge in [0.2, 0.25) is 5.91 Å². The topological polar surface area (TPSA) is 61.9 Å². The molecule has 148 valence electrons. The molecule has 0 radical (unpaired) electrons. The van der Waals surface area contributed by atoms with E-state index in [1.165, 1.54) is 0 Å². The van der Waals surface area contributed by atoms with Crippen molar-refractivity contribution in [1.29, 1.82) is 0 Å². The number of amides is 2. The molecule has 1 unspecified atom stereocenters. The molecule has 6 nitrogen and oxygen atoms in total. The smallest absolute Gasteiger partial charge is 0.263 e. The molecule has 1 N–H and O–H groups in total. The first-order valence-electron chi connectivity index (χ1n) is 9.60. The van der Waals surface area contributed by atoms with Gasteiger partial charge in [-0.3, -0.25) is 14.5 Å². The number of carbonyl (C=O) groups is 2. The Labute approximate surface area is 166 Å². The lowest BCUT2D eigenvalue weighted by molar-refractivity contribution is -0.139. The number of hydrogen-bond acceptors (Lipinski definition) is 4. The zero-order valence-corrected chi connectivity index (χ0v) is 16.4. The van der Waals surface area contributed by atoms with E-state index in [4.69, 9.17) is 4.74 Å². The zero-order chi connectivity index (χ0) is 19.9. The third-order valence-corrected chi connectivity index (χ3v) is 4.95. The highest BCUT2D eigenvalue weighted by Gasteiger charge is 2.26. The number of likely N-dealkylation sites (N-methyl/N-ethyl adjacent to an activating group) is 1. The molecule has 1 fully saturated rings. The number of ether oxygens (including phenoxy) is 1. The van der Waals surface area contributed by atoms with Crippen molar-refractivity contribution in [2.45, 2.75) is 13.0 Å². The maximum absolute atomic E-state index is 12.7. The SMILES string of the molecule is CNC(=O)CN1CCN(C(=O)C(C)Oc2ccc(-c3ccccc3)cc2)CC1. The van der Waals surface area contributed by atoms with E-state index in [0.717, 1.165) is 11.1 Å². The molecule has 2 amide bonds. The Morgan fingerprint density at radius 1 is 0.964 bits per heavy atom. The number of carbonyl (C=O) groups excluding carboxylic acids is 2. The van der Waals surface area contributed by atoms with E-state index >= 15 is 0 Å². The first-order valence-corrected chi connectivity index (χ1v) is 9.60. The molecule has 1 saturated heterocycles. The second kappa shape index (κ2) is 9.37. The quantitative estimate of drug-likeness (QED) is 0.832. The van der Waals surface area contributed by atoms with Crippen LogP contribution in [0.2, 0.25) is 0 Å². The van der Waals surface area contributed by atoms with Crippen molar-refractivity contribution in [1.82, 2.24) is 15.1 Å². The third-order valence-electron chi connectivity index (χ3n) is 4.95. The highest BCUT2D eigenvalue weighted by atomic mass is 16.5. The fourth-order valence-electron chi connectivity index (χ4n) is 3.28. The molecule has 0 spiro atoms. The molecule has 28 heavy (non-hydrogen) atoms. The minimum atomic E-state index is -0.548. The highest BCUT2D eigenvalue weighted by molar-refractivity contribution is 5.81. The number of benzene rings is 2. The van der Waals surface area contributed by atoms with Gasteiger partial charge < -0.3 is 15.0 Å². The fourth-order valence-corrected chi connectivity index (χ4v) is 3.28. The third kappa shape index (κ3) is 5.10. The van der Waals surface area contributed by atoms with Gasteiger partial charge in [0.05, 0.1) is 6.54 Å². The summed E-state index contributed by atoms with van der Waals surface area (Å²) >= 11 is 0. The highest BCUT2D eigenvalue weighted by Crippen LogP contribution is 2.23. The molecular formula is C22H27N3O3. The van der Waals surface area contributed by atoms with Gasteiger partial charge in [-0.15, -0.1) is 0 Å². The molecule has 1 heterocycles. The van der Waals surface area contributed by atoms with Gasteiger partial charge >= 0.3 is 0 Å². The van der Waals surface area contributed by atoms with Gasteiger partial charge in [-0.2, -0.15) is 0 Å². The Kier molecular flexibility index (Phi) is 6.66. The molecule has 0 aromatic heterocycles. The Morgan fingerprint density at radius 2 is 1.57 bits per heavy atom. The molecule has 2 aromatic carbocycles. The molecule has 2 aromatic rings. The predicted octanol–water partition coefficient (Wildman–Crippen LogP) is 2.01. The molecule has 1 atom stereocenters. The van der Waals surface area contributed by atoms with Crippen LogP contribution in [-0.4, -0.2) is 67.5 Å². The maximum atomic E-state index is 12.7. The monoisotopic (exact) mass is 381 g/mol. The largest absolute Gasteiger partial charge is 0.481 e. The molecule has 3 rings (SSSR count). The van der Waals surface area contributed by atoms with Crippen molar-refractivity contribution >= 4 is 11.8 Å². The summed E-state index contributed by atoms with van der Waals surface area (Å²) in [7, 11) is 1.63. The van der Waals surface area contributed by atoms with Crippen LogP contribution >= 0.6 is 0 Å². The van der Waals surface area contributed by atoms with Gasteiger partial charge in [-0.1, -0.05) is 42.5 Å². The predicted molar refractivity (Wildman–Crippen MR) is 109 cm³/mol. The molecule has 0 saturated carbocycles. The average Bonchev–Trinajstić information content (AvgIpc) is 2.75. The van der Waals surface area contributed by atoms with E-state index in [0.29, 0.717) is 38.5 Å². The van der Waals surface area contributed by atoms with Gasteiger partial charge in [0.1, 0.15) is 5.75 Å². The van der Waals surface area contributed by atoms with Crippen LogP contribution < -0.4 is 10.1 Å². The van der Waals surface area contributed by atoms with E-state index in [1.807, 2.05) is 47.4 Å². The van der Waals surface area contributed by atoms with Crippen molar-refractivity contribution in [2.24, 2.45) is 0 Å². The fraction of sp³-hybridized carbons (Fsp3) is 0.364. The number of rotatable bonds is 6. The summed E-state index contributed by atoms with van der Waals surface area (Å²) in [6.45, 7) is 4.75. The van der Waals surface area contributed by atoms with Crippen LogP contribution in [0.25, 0.3) is 11.1 Å². The van der Waals surface area contributed by atoms with E-state index in [-0.39, 0.29) is 11.8 Å². The molecule has 0 aliphatic carbocycles. The van der Waals surface area contributed by atoms with Gasteiger partial charge in [-0.25, -0.2) is 0 Å². The van der Waals surface area contributed by atoms with Crippen molar-refractivity contribution in [3.05, 3.63) is 54.6 Å². The van der Waals surface area contributed by atoms with Gasteiger partial charge in [-0.05, 0) is 30.2 Å². The van der Waals surface area contributed by atoms with Crippen LogP contribution in [0.1, 0.15) is 6.92 Å². The minimum absolute atomic E-state index is 0.00423. The van der Waals surface area contributed by atoms with E-state index in [2.05, 4.69) is 22.3 Å². The van der Waals surface area contributed by atoms with Crippen LogP contribution in [0.15, 0.2) is 54.6 Å². The second-order valence-electron chi connectivity index (χ2n) is 6.93. The van der Waals surface area contributed by atoms with Gasteiger partial charge in [0.25, 0.3) is 5.91 Å². The van der Waals surface area contributed by atoms with E-state index < -0.39 is 6.10 Å². The first kappa shape index (κ1) is 19.9. The normalized spacial score (nSPS) is 15.7. The summed E-state index contributed by atoms with van der Waals surface area (Å²) in [5.41, 5.74) is 2.26. The van der Waals surface area contributed by atoms with E-state index in [9.17, 15) is 9.59 Å². The Balaban J connectivity index is 1.51. The number of piperazine rings is 1. The molecule has 1 aliphatic heterocycles. The minimum Gasteiger partial charge on any atom is -0.481 e. The summed E-state index contributed by atoms with van der Waals surface area (Å²) < 4.78 is 5.86. The van der Waals surface area contributed by atoms with Crippen molar-refractivity contribution in [3.8, 4) is 16.9 Å². The molecule has 0 bridgehead atoms. The number of nitrogens with zero attached hydrogens (tertiary/aromatic N) is 2. The van der Waals surface area contributed by atoms with Gasteiger partial charge in [0.15, 0.2) is 6.10 Å². The lowest BCUT2D eigenvalue weighted by Gasteiger charge is -2.35. The molecular weight excluding hydrogens is 354 g/mol. The summed E-state index contributed by atoms with van der Waals surface area (Å²) in [6, 6.07) is 17.9. The maximum Gasteiger partial charge on any atom is 0.263 e. The lowest BCUT2D eigenvalue weighted by atomic mass is 10.1. The summed E-state index contributed by atoms with van der Waals surface area (Å²) in [4.78, 5) is 28.0. The zero-order valence-electron chi connectivity index (χ0n) is 16.4. The summed E-state index contributed by atoms with van der Waals surface area (Å²) in [5, 5.41) is 2.62. The van der Waals surface area contributed by atoms with Crippen LogP contribution in [0.5, 0.6) is 5.75 Å². The Bertz CT molecular complexity index is 784. The standard InChI is InChI=1S/C22H27N3O3/c1-17(22(27)25-14-12-24(13-15-25)16-21(26)23-2)28-20-10-8-19(9-11-20)18-6-4-3-5-7-18/h3-11,17H,12-16H2,1-2H3,(H,23,26). The second-order valence-corrected chi connectivity index (χ2v) is 6.93. The van der Waals surface area contributed by atoms with Crippen LogP contribution in [0.4, 0.5) is 0 Å². The van der Waals surface area contributed by atoms with Crippen LogP contribution in [0, 0.1) is 0 Å². The van der Waals surface area contributed by atoms with Crippen LogP contribution in [-0.2, 0) is 9.59 Å². The van der Waals surface area contributed by atoms with Crippen molar-refractivity contribution < 1.29 is 14.3 Å². The Morgan fingerprint density at radius 3 is 2.18 bits per heavy atom.